The molecule has 108 valence electrons. The highest BCUT2D eigenvalue weighted by Crippen LogP contribution is 2.34. The highest BCUT2D eigenvalue weighted by atomic mass is 16.5. The van der Waals surface area contributed by atoms with Crippen LogP contribution in [0.3, 0.4) is 0 Å². The highest BCUT2D eigenvalue weighted by Gasteiger charge is 2.19. The van der Waals surface area contributed by atoms with Crippen molar-refractivity contribution < 1.29 is 9.47 Å². The molecule has 0 saturated heterocycles. The molecule has 0 heterocycles. The quantitative estimate of drug-likeness (QED) is 0.806. The Labute approximate surface area is 121 Å². The van der Waals surface area contributed by atoms with Crippen LogP contribution in [0.5, 0.6) is 11.5 Å². The molecule has 1 atom stereocenters. The predicted molar refractivity (Wildman–Crippen MR) is 83.4 cm³/mol. The smallest absolute Gasteiger partial charge is 0.161 e. The van der Waals surface area contributed by atoms with Crippen molar-refractivity contribution in [3.8, 4) is 11.5 Å². The number of hydrogen-bond donors (Lipinski definition) is 1. The third kappa shape index (κ3) is 3.23. The van der Waals surface area contributed by atoms with Crippen molar-refractivity contribution in [2.75, 3.05) is 20.8 Å². The van der Waals surface area contributed by atoms with Crippen LogP contribution in [0.4, 0.5) is 0 Å². The standard InChI is InChI=1S/C17H23NO2/c1-4-11-18-15-8-6-5-7-14(15)13-9-10-16(19-2)17(12-13)20-3/h4,7,9-10,12,15,18H,1,5-6,8,11H2,2-3H3. The van der Waals surface area contributed by atoms with Crippen LogP contribution in [0.25, 0.3) is 5.57 Å². The molecule has 0 radical (unpaired) electrons. The van der Waals surface area contributed by atoms with Gasteiger partial charge in [-0.2, -0.15) is 0 Å². The molecule has 1 aromatic carbocycles. The average Bonchev–Trinajstić information content (AvgIpc) is 2.52. The summed E-state index contributed by atoms with van der Waals surface area (Å²) in [6.45, 7) is 4.60. The van der Waals surface area contributed by atoms with Crippen LogP contribution < -0.4 is 14.8 Å². The molecule has 1 N–H and O–H groups in total. The molecule has 3 nitrogen and oxygen atoms in total. The minimum absolute atomic E-state index is 0.389. The summed E-state index contributed by atoms with van der Waals surface area (Å²) in [6.07, 6.45) is 7.75. The van der Waals surface area contributed by atoms with E-state index in [9.17, 15) is 0 Å². The highest BCUT2D eigenvalue weighted by molar-refractivity contribution is 5.72. The van der Waals surface area contributed by atoms with Gasteiger partial charge >= 0.3 is 0 Å². The first-order chi connectivity index (χ1) is 9.80. The van der Waals surface area contributed by atoms with Crippen LogP contribution >= 0.6 is 0 Å². The lowest BCUT2D eigenvalue weighted by atomic mass is 9.89. The van der Waals surface area contributed by atoms with Crippen LogP contribution in [-0.2, 0) is 0 Å². The van der Waals surface area contributed by atoms with Gasteiger partial charge in [0.15, 0.2) is 11.5 Å². The van der Waals surface area contributed by atoms with Crippen LogP contribution in [0.1, 0.15) is 24.8 Å². The molecule has 1 aliphatic rings. The lowest BCUT2D eigenvalue weighted by Gasteiger charge is -2.26. The van der Waals surface area contributed by atoms with E-state index >= 15 is 0 Å². The van der Waals surface area contributed by atoms with Crippen LogP contribution in [0.15, 0.2) is 36.9 Å². The fourth-order valence-corrected chi connectivity index (χ4v) is 2.65. The van der Waals surface area contributed by atoms with E-state index in [2.05, 4.69) is 30.1 Å². The Morgan fingerprint density at radius 1 is 1.30 bits per heavy atom. The second-order valence-electron chi connectivity index (χ2n) is 4.91. The van der Waals surface area contributed by atoms with Gasteiger partial charge in [-0.25, -0.2) is 0 Å². The molecule has 1 aliphatic carbocycles. The number of ether oxygens (including phenoxy) is 2. The third-order valence-electron chi connectivity index (χ3n) is 3.66. The number of methoxy groups -OCH3 is 2. The molecule has 0 spiro atoms. The molecule has 20 heavy (non-hydrogen) atoms. The van der Waals surface area contributed by atoms with Crippen molar-refractivity contribution >= 4 is 5.57 Å². The van der Waals surface area contributed by atoms with Crippen molar-refractivity contribution in [3.63, 3.8) is 0 Å². The summed E-state index contributed by atoms with van der Waals surface area (Å²) in [5.74, 6) is 1.54. The Bertz CT molecular complexity index is 494. The summed E-state index contributed by atoms with van der Waals surface area (Å²) >= 11 is 0. The third-order valence-corrected chi connectivity index (χ3v) is 3.66. The first-order valence-electron chi connectivity index (χ1n) is 7.07. The number of nitrogens with one attached hydrogen (secondary N) is 1. The molecule has 1 aromatic rings. The van der Waals surface area contributed by atoms with E-state index in [1.807, 2.05) is 12.1 Å². The van der Waals surface area contributed by atoms with E-state index in [1.54, 1.807) is 14.2 Å². The van der Waals surface area contributed by atoms with Crippen molar-refractivity contribution in [2.24, 2.45) is 0 Å². The summed E-state index contributed by atoms with van der Waals surface area (Å²) < 4.78 is 10.7. The van der Waals surface area contributed by atoms with Crippen LogP contribution in [-0.4, -0.2) is 26.8 Å². The summed E-state index contributed by atoms with van der Waals surface area (Å²) in [5, 5.41) is 3.53. The van der Waals surface area contributed by atoms with Gasteiger partial charge in [-0.1, -0.05) is 18.2 Å². The zero-order valence-corrected chi connectivity index (χ0v) is 12.3. The maximum Gasteiger partial charge on any atom is 0.161 e. The van der Waals surface area contributed by atoms with Crippen molar-refractivity contribution in [1.82, 2.24) is 5.32 Å². The average molecular weight is 273 g/mol. The van der Waals surface area contributed by atoms with Crippen molar-refractivity contribution in [3.05, 3.63) is 42.5 Å². The van der Waals surface area contributed by atoms with Crippen molar-refractivity contribution in [2.45, 2.75) is 25.3 Å². The first-order valence-corrected chi connectivity index (χ1v) is 7.07. The number of allylic oxidation sites excluding steroid dienone is 1. The van der Waals surface area contributed by atoms with E-state index in [4.69, 9.17) is 9.47 Å². The largest absolute Gasteiger partial charge is 0.493 e. The normalized spacial score (nSPS) is 18.3. The molecule has 3 heteroatoms. The number of rotatable bonds is 6. The minimum Gasteiger partial charge on any atom is -0.493 e. The van der Waals surface area contributed by atoms with Gasteiger partial charge in [0, 0.05) is 12.6 Å². The van der Waals surface area contributed by atoms with E-state index in [1.165, 1.54) is 17.6 Å². The van der Waals surface area contributed by atoms with E-state index in [0.717, 1.165) is 30.9 Å². The topological polar surface area (TPSA) is 30.5 Å². The second kappa shape index (κ2) is 7.15. The van der Waals surface area contributed by atoms with E-state index in [0.29, 0.717) is 6.04 Å². The van der Waals surface area contributed by atoms with Gasteiger partial charge in [0.05, 0.1) is 14.2 Å². The van der Waals surface area contributed by atoms with Gasteiger partial charge in [0.25, 0.3) is 0 Å². The second-order valence-corrected chi connectivity index (χ2v) is 4.91. The predicted octanol–water partition coefficient (Wildman–Crippen LogP) is 3.42. The Hall–Kier alpha value is -1.74. The van der Waals surface area contributed by atoms with Gasteiger partial charge in [-0.15, -0.1) is 6.58 Å². The summed E-state index contributed by atoms with van der Waals surface area (Å²) in [6, 6.07) is 6.51. The maximum atomic E-state index is 5.40. The monoisotopic (exact) mass is 273 g/mol. The van der Waals surface area contributed by atoms with E-state index < -0.39 is 0 Å². The zero-order valence-electron chi connectivity index (χ0n) is 12.3. The Kier molecular flexibility index (Phi) is 5.24. The molecule has 0 aromatic heterocycles. The van der Waals surface area contributed by atoms with Crippen molar-refractivity contribution in [1.29, 1.82) is 0 Å². The summed E-state index contributed by atoms with van der Waals surface area (Å²) in [5.41, 5.74) is 2.54. The fourth-order valence-electron chi connectivity index (χ4n) is 2.65. The van der Waals surface area contributed by atoms with Crippen LogP contribution in [0, 0.1) is 0 Å². The molecule has 0 amide bonds. The van der Waals surface area contributed by atoms with Gasteiger partial charge in [-0.3, -0.25) is 0 Å². The molecular formula is C17H23NO2. The SMILES string of the molecule is C=CCNC1CCCC=C1c1ccc(OC)c(OC)c1. The Morgan fingerprint density at radius 2 is 2.10 bits per heavy atom. The van der Waals surface area contributed by atoms with Gasteiger partial charge in [0.1, 0.15) is 0 Å². The molecule has 0 fully saturated rings. The number of benzene rings is 1. The van der Waals surface area contributed by atoms with Gasteiger partial charge < -0.3 is 14.8 Å². The molecule has 0 aliphatic heterocycles. The Morgan fingerprint density at radius 3 is 2.80 bits per heavy atom. The molecule has 2 rings (SSSR count). The molecular weight excluding hydrogens is 250 g/mol. The first kappa shape index (κ1) is 14.7. The zero-order chi connectivity index (χ0) is 14.4. The lowest BCUT2D eigenvalue weighted by molar-refractivity contribution is 0.355. The molecule has 0 saturated carbocycles. The molecule has 0 bridgehead atoms. The van der Waals surface area contributed by atoms with Gasteiger partial charge in [0.2, 0.25) is 0 Å². The number of hydrogen-bond acceptors (Lipinski definition) is 3. The lowest BCUT2D eigenvalue weighted by Crippen LogP contribution is -2.31. The Balaban J connectivity index is 2.28. The minimum atomic E-state index is 0.389. The summed E-state index contributed by atoms with van der Waals surface area (Å²) in [4.78, 5) is 0. The van der Waals surface area contributed by atoms with Gasteiger partial charge in [-0.05, 0) is 42.5 Å². The maximum absolute atomic E-state index is 5.40. The summed E-state index contributed by atoms with van der Waals surface area (Å²) in [7, 11) is 3.33. The fraction of sp³-hybridized carbons (Fsp3) is 0.412. The van der Waals surface area contributed by atoms with Crippen LogP contribution in [0.2, 0.25) is 0 Å². The molecule has 1 unspecified atom stereocenters. The van der Waals surface area contributed by atoms with E-state index in [-0.39, 0.29) is 0 Å².